The van der Waals surface area contributed by atoms with Crippen LogP contribution in [-0.2, 0) is 0 Å². The zero-order chi connectivity index (χ0) is 15.7. The Balaban J connectivity index is 1.89. The van der Waals surface area contributed by atoms with Crippen molar-refractivity contribution < 1.29 is 4.39 Å². The molecule has 0 spiro atoms. The van der Waals surface area contributed by atoms with Crippen LogP contribution in [0, 0.1) is 5.95 Å². The van der Waals surface area contributed by atoms with E-state index in [4.69, 9.17) is 17.3 Å². The van der Waals surface area contributed by atoms with Gasteiger partial charge in [0.15, 0.2) is 0 Å². The molecule has 0 radical (unpaired) electrons. The molecule has 0 aromatic carbocycles. The number of rotatable bonds is 2. The van der Waals surface area contributed by atoms with E-state index in [1.165, 1.54) is 6.07 Å². The molecule has 116 valence electrons. The Labute approximate surface area is 133 Å². The fourth-order valence-corrected chi connectivity index (χ4v) is 2.75. The van der Waals surface area contributed by atoms with Gasteiger partial charge >= 0.3 is 0 Å². The van der Waals surface area contributed by atoms with Crippen LogP contribution in [0.25, 0.3) is 11.3 Å². The van der Waals surface area contributed by atoms with Crippen molar-refractivity contribution in [3.63, 3.8) is 0 Å². The lowest BCUT2D eigenvalue weighted by Gasteiger charge is -2.34. The molecule has 5 nitrogen and oxygen atoms in total. The molecule has 3 heterocycles. The molecule has 0 bridgehead atoms. The van der Waals surface area contributed by atoms with E-state index >= 15 is 0 Å². The summed E-state index contributed by atoms with van der Waals surface area (Å²) in [5.41, 5.74) is 7.04. The number of nitrogens with zero attached hydrogens (tertiary/aromatic N) is 4. The molecule has 2 N–H and O–H groups in total. The quantitative estimate of drug-likeness (QED) is 0.860. The number of nitrogen functional groups attached to an aromatic ring is 1. The van der Waals surface area contributed by atoms with Gasteiger partial charge in [0, 0.05) is 26.2 Å². The SMILES string of the molecule is CN1CCN(c2cnc(-c3ccc(N)nc3F)c(Cl)c2)CC1. The van der Waals surface area contributed by atoms with E-state index in [9.17, 15) is 4.39 Å². The maximum absolute atomic E-state index is 13.9. The Morgan fingerprint density at radius 3 is 2.59 bits per heavy atom. The van der Waals surface area contributed by atoms with Gasteiger partial charge in [-0.1, -0.05) is 11.6 Å². The first-order valence-electron chi connectivity index (χ1n) is 7.06. The van der Waals surface area contributed by atoms with E-state index in [0.29, 0.717) is 10.7 Å². The van der Waals surface area contributed by atoms with Gasteiger partial charge in [0.2, 0.25) is 5.95 Å². The fraction of sp³-hybridized carbons (Fsp3) is 0.333. The van der Waals surface area contributed by atoms with Crippen molar-refractivity contribution in [2.24, 2.45) is 0 Å². The number of hydrogen-bond acceptors (Lipinski definition) is 5. The summed E-state index contributed by atoms with van der Waals surface area (Å²) in [6.07, 6.45) is 1.72. The van der Waals surface area contributed by atoms with E-state index in [-0.39, 0.29) is 11.4 Å². The van der Waals surface area contributed by atoms with E-state index in [0.717, 1.165) is 31.9 Å². The van der Waals surface area contributed by atoms with Crippen molar-refractivity contribution in [1.82, 2.24) is 14.9 Å². The molecular formula is C15H17ClFN5. The minimum atomic E-state index is -0.665. The summed E-state index contributed by atoms with van der Waals surface area (Å²) >= 11 is 6.30. The van der Waals surface area contributed by atoms with Gasteiger partial charge in [0.05, 0.1) is 28.2 Å². The van der Waals surface area contributed by atoms with Crippen LogP contribution in [0.15, 0.2) is 24.4 Å². The van der Waals surface area contributed by atoms with E-state index in [1.807, 2.05) is 6.07 Å². The summed E-state index contributed by atoms with van der Waals surface area (Å²) in [5, 5.41) is 0.405. The van der Waals surface area contributed by atoms with Crippen LogP contribution in [0.1, 0.15) is 0 Å². The summed E-state index contributed by atoms with van der Waals surface area (Å²) in [4.78, 5) is 12.4. The molecule has 2 aromatic rings. The predicted molar refractivity (Wildman–Crippen MR) is 86.6 cm³/mol. The summed E-state index contributed by atoms with van der Waals surface area (Å²) < 4.78 is 13.9. The zero-order valence-corrected chi connectivity index (χ0v) is 13.0. The smallest absolute Gasteiger partial charge is 0.224 e. The summed E-state index contributed by atoms with van der Waals surface area (Å²) in [5.74, 6) is -0.534. The third-order valence-corrected chi connectivity index (χ3v) is 4.11. The van der Waals surface area contributed by atoms with Crippen molar-refractivity contribution in [1.29, 1.82) is 0 Å². The molecule has 0 aliphatic carbocycles. The van der Waals surface area contributed by atoms with Gasteiger partial charge in [-0.25, -0.2) is 4.98 Å². The fourth-order valence-electron chi connectivity index (χ4n) is 2.49. The van der Waals surface area contributed by atoms with Crippen LogP contribution >= 0.6 is 11.6 Å². The number of piperazine rings is 1. The highest BCUT2D eigenvalue weighted by atomic mass is 35.5. The molecule has 3 rings (SSSR count). The first kappa shape index (κ1) is 15.0. The second kappa shape index (κ2) is 6.06. The third-order valence-electron chi connectivity index (χ3n) is 3.82. The summed E-state index contributed by atoms with van der Waals surface area (Å²) in [6.45, 7) is 3.84. The second-order valence-electron chi connectivity index (χ2n) is 5.39. The monoisotopic (exact) mass is 321 g/mol. The largest absolute Gasteiger partial charge is 0.384 e. The van der Waals surface area contributed by atoms with Crippen molar-refractivity contribution >= 4 is 23.1 Å². The average Bonchev–Trinajstić information content (AvgIpc) is 2.49. The molecule has 2 aromatic heterocycles. The van der Waals surface area contributed by atoms with Crippen LogP contribution < -0.4 is 10.6 Å². The van der Waals surface area contributed by atoms with Crippen molar-refractivity contribution in [2.45, 2.75) is 0 Å². The minimum Gasteiger partial charge on any atom is -0.384 e. The highest BCUT2D eigenvalue weighted by Gasteiger charge is 2.17. The molecule has 1 aliphatic rings. The molecule has 1 fully saturated rings. The van der Waals surface area contributed by atoms with E-state index < -0.39 is 5.95 Å². The van der Waals surface area contributed by atoms with Crippen LogP contribution in [0.4, 0.5) is 15.9 Å². The van der Waals surface area contributed by atoms with Gasteiger partial charge in [-0.3, -0.25) is 4.98 Å². The molecule has 1 aliphatic heterocycles. The molecule has 0 amide bonds. The zero-order valence-electron chi connectivity index (χ0n) is 12.3. The van der Waals surface area contributed by atoms with Gasteiger partial charge < -0.3 is 15.5 Å². The molecule has 0 saturated carbocycles. The van der Waals surface area contributed by atoms with Crippen molar-refractivity contribution in [3.8, 4) is 11.3 Å². The third kappa shape index (κ3) is 2.98. The van der Waals surface area contributed by atoms with Gasteiger partial charge in [0.1, 0.15) is 5.82 Å². The standard InChI is InChI=1S/C15H17ClFN5/c1-21-4-6-22(7-5-21)10-8-12(16)14(19-9-10)11-2-3-13(18)20-15(11)17/h2-3,8-9H,4-7H2,1H3,(H2,18,20). The predicted octanol–water partition coefficient (Wildman–Crippen LogP) is 2.27. The molecule has 22 heavy (non-hydrogen) atoms. The normalized spacial score (nSPS) is 16.0. The Hall–Kier alpha value is -1.92. The number of pyridine rings is 2. The second-order valence-corrected chi connectivity index (χ2v) is 5.80. The van der Waals surface area contributed by atoms with Crippen LogP contribution in [0.5, 0.6) is 0 Å². The first-order valence-corrected chi connectivity index (χ1v) is 7.44. The van der Waals surface area contributed by atoms with Crippen LogP contribution in [0.2, 0.25) is 5.02 Å². The van der Waals surface area contributed by atoms with Gasteiger partial charge in [-0.15, -0.1) is 0 Å². The Morgan fingerprint density at radius 1 is 1.23 bits per heavy atom. The summed E-state index contributed by atoms with van der Waals surface area (Å²) in [6, 6.07) is 4.90. The number of aromatic nitrogens is 2. The van der Waals surface area contributed by atoms with Gasteiger partial charge in [-0.2, -0.15) is 4.39 Å². The Morgan fingerprint density at radius 2 is 1.95 bits per heavy atom. The Bertz CT molecular complexity index is 686. The van der Waals surface area contributed by atoms with E-state index in [1.54, 1.807) is 12.3 Å². The van der Waals surface area contributed by atoms with Crippen molar-refractivity contribution in [3.05, 3.63) is 35.4 Å². The van der Waals surface area contributed by atoms with Gasteiger partial charge in [-0.05, 0) is 25.2 Å². The number of hydrogen-bond donors (Lipinski definition) is 1. The average molecular weight is 322 g/mol. The first-order chi connectivity index (χ1) is 10.5. The highest BCUT2D eigenvalue weighted by molar-refractivity contribution is 6.33. The number of nitrogens with two attached hydrogens (primary N) is 1. The summed E-state index contributed by atoms with van der Waals surface area (Å²) in [7, 11) is 2.10. The molecule has 1 saturated heterocycles. The molecule has 7 heteroatoms. The van der Waals surface area contributed by atoms with Crippen molar-refractivity contribution in [2.75, 3.05) is 43.9 Å². The van der Waals surface area contributed by atoms with Crippen LogP contribution in [0.3, 0.4) is 0 Å². The lowest BCUT2D eigenvalue weighted by atomic mass is 10.1. The maximum Gasteiger partial charge on any atom is 0.224 e. The lowest BCUT2D eigenvalue weighted by molar-refractivity contribution is 0.313. The number of likely N-dealkylation sites (N-methyl/N-ethyl adjacent to an activating group) is 1. The topological polar surface area (TPSA) is 58.3 Å². The number of halogens is 2. The Kier molecular flexibility index (Phi) is 4.13. The minimum absolute atomic E-state index is 0.131. The van der Waals surface area contributed by atoms with Crippen LogP contribution in [-0.4, -0.2) is 48.1 Å². The highest BCUT2D eigenvalue weighted by Crippen LogP contribution is 2.31. The molecular weight excluding hydrogens is 305 g/mol. The van der Waals surface area contributed by atoms with Gasteiger partial charge in [0.25, 0.3) is 0 Å². The number of anilines is 2. The van der Waals surface area contributed by atoms with E-state index in [2.05, 4.69) is 26.8 Å². The molecule has 0 atom stereocenters. The lowest BCUT2D eigenvalue weighted by Crippen LogP contribution is -2.44. The maximum atomic E-state index is 13.9. The molecule has 0 unspecified atom stereocenters.